The van der Waals surface area contributed by atoms with Crippen LogP contribution < -0.4 is 5.32 Å². The summed E-state index contributed by atoms with van der Waals surface area (Å²) in [6.07, 6.45) is 1.65. The fourth-order valence-electron chi connectivity index (χ4n) is 2.26. The van der Waals surface area contributed by atoms with E-state index < -0.39 is 12.3 Å². The van der Waals surface area contributed by atoms with Crippen molar-refractivity contribution in [3.05, 3.63) is 12.2 Å². The molecular weight excluding hydrogens is 302 g/mol. The molecule has 2 saturated heterocycles. The molecule has 2 fully saturated rings. The highest BCUT2D eigenvalue weighted by atomic mass is 16.6. The Labute approximate surface area is 136 Å². The molecular formula is C15H25N3O5. The molecule has 0 aromatic carbocycles. The van der Waals surface area contributed by atoms with Gasteiger partial charge in [-0.2, -0.15) is 0 Å². The molecule has 2 rings (SSSR count). The van der Waals surface area contributed by atoms with Crippen LogP contribution in [0.5, 0.6) is 0 Å². The molecule has 0 aliphatic carbocycles. The number of hydrogen-bond donors (Lipinski definition) is 1. The highest BCUT2D eigenvalue weighted by Gasteiger charge is 2.21. The third kappa shape index (κ3) is 6.17. The van der Waals surface area contributed by atoms with Gasteiger partial charge in [0.05, 0.1) is 19.8 Å². The van der Waals surface area contributed by atoms with E-state index in [9.17, 15) is 9.59 Å². The smallest absolute Gasteiger partial charge is 0.410 e. The number of amides is 2. The predicted molar refractivity (Wildman–Crippen MR) is 82.9 cm³/mol. The second kappa shape index (κ2) is 8.85. The van der Waals surface area contributed by atoms with E-state index in [0.717, 1.165) is 13.1 Å². The van der Waals surface area contributed by atoms with E-state index in [1.165, 1.54) is 6.08 Å². The molecule has 8 heteroatoms. The number of nitrogens with one attached hydrogen (secondary N) is 1. The van der Waals surface area contributed by atoms with Crippen molar-refractivity contribution in [3.63, 3.8) is 0 Å². The van der Waals surface area contributed by atoms with Crippen molar-refractivity contribution in [1.29, 1.82) is 0 Å². The predicted octanol–water partition coefficient (Wildman–Crippen LogP) is -0.196. The van der Waals surface area contributed by atoms with E-state index in [0.29, 0.717) is 32.9 Å². The molecule has 0 saturated carbocycles. The van der Waals surface area contributed by atoms with Crippen LogP contribution in [0, 0.1) is 0 Å². The molecule has 2 unspecified atom stereocenters. The number of nitrogens with zero attached hydrogens (tertiary/aromatic N) is 2. The number of ether oxygens (including phenoxy) is 3. The van der Waals surface area contributed by atoms with Gasteiger partial charge in [-0.05, 0) is 20.0 Å². The SMILES string of the molecule is CC(C=CC(=O)NC1COCCO1)OC(=O)N1CCN(C)CC1. The van der Waals surface area contributed by atoms with E-state index in [4.69, 9.17) is 14.2 Å². The van der Waals surface area contributed by atoms with Gasteiger partial charge in [0.15, 0.2) is 6.23 Å². The summed E-state index contributed by atoms with van der Waals surface area (Å²) in [7, 11) is 2.02. The first kappa shape index (κ1) is 17.7. The van der Waals surface area contributed by atoms with Gasteiger partial charge in [-0.15, -0.1) is 0 Å². The minimum atomic E-state index is -0.476. The number of rotatable bonds is 4. The molecule has 0 aromatic heterocycles. The van der Waals surface area contributed by atoms with Gasteiger partial charge in [-0.25, -0.2) is 4.79 Å². The van der Waals surface area contributed by atoms with Crippen LogP contribution in [-0.2, 0) is 19.0 Å². The van der Waals surface area contributed by atoms with Gasteiger partial charge in [-0.3, -0.25) is 4.79 Å². The van der Waals surface area contributed by atoms with Crippen molar-refractivity contribution in [2.24, 2.45) is 0 Å². The number of likely N-dealkylation sites (N-methyl/N-ethyl adjacent to an activating group) is 1. The lowest BCUT2D eigenvalue weighted by molar-refractivity contribution is -0.132. The van der Waals surface area contributed by atoms with Crippen molar-refractivity contribution < 1.29 is 23.8 Å². The van der Waals surface area contributed by atoms with Crippen molar-refractivity contribution in [3.8, 4) is 0 Å². The highest BCUT2D eigenvalue weighted by Crippen LogP contribution is 2.05. The highest BCUT2D eigenvalue weighted by molar-refractivity contribution is 5.87. The fraction of sp³-hybridized carbons (Fsp3) is 0.733. The van der Waals surface area contributed by atoms with Crippen LogP contribution in [0.25, 0.3) is 0 Å². The van der Waals surface area contributed by atoms with Gasteiger partial charge in [0.25, 0.3) is 0 Å². The van der Waals surface area contributed by atoms with Crippen LogP contribution in [0.2, 0.25) is 0 Å². The Morgan fingerprint density at radius 3 is 2.65 bits per heavy atom. The van der Waals surface area contributed by atoms with Crippen LogP contribution in [0.4, 0.5) is 4.79 Å². The van der Waals surface area contributed by atoms with Crippen LogP contribution >= 0.6 is 0 Å². The number of piperazine rings is 1. The van der Waals surface area contributed by atoms with Crippen molar-refractivity contribution in [2.75, 3.05) is 53.0 Å². The Balaban J connectivity index is 1.69. The van der Waals surface area contributed by atoms with E-state index in [1.807, 2.05) is 7.05 Å². The zero-order valence-electron chi connectivity index (χ0n) is 13.7. The topological polar surface area (TPSA) is 80.3 Å². The summed E-state index contributed by atoms with van der Waals surface area (Å²) in [6.45, 7) is 6.06. The largest absolute Gasteiger partial charge is 0.442 e. The minimum Gasteiger partial charge on any atom is -0.442 e. The normalized spacial score (nSPS) is 24.4. The molecule has 2 heterocycles. The molecule has 1 N–H and O–H groups in total. The van der Waals surface area contributed by atoms with Gasteiger partial charge in [0.1, 0.15) is 6.10 Å². The molecule has 2 atom stereocenters. The Kier molecular flexibility index (Phi) is 6.82. The Morgan fingerprint density at radius 2 is 2.00 bits per heavy atom. The number of hydrogen-bond acceptors (Lipinski definition) is 6. The zero-order valence-corrected chi connectivity index (χ0v) is 13.7. The van der Waals surface area contributed by atoms with Gasteiger partial charge in [0, 0.05) is 32.3 Å². The first-order chi connectivity index (χ1) is 11.0. The molecule has 0 bridgehead atoms. The molecule has 8 nitrogen and oxygen atoms in total. The molecule has 2 amide bonds. The van der Waals surface area contributed by atoms with Gasteiger partial charge >= 0.3 is 6.09 Å². The first-order valence-electron chi connectivity index (χ1n) is 7.87. The van der Waals surface area contributed by atoms with E-state index in [1.54, 1.807) is 17.9 Å². The Bertz CT molecular complexity index is 429. The maximum atomic E-state index is 12.0. The van der Waals surface area contributed by atoms with E-state index >= 15 is 0 Å². The summed E-state index contributed by atoms with van der Waals surface area (Å²) >= 11 is 0. The summed E-state index contributed by atoms with van der Waals surface area (Å²) in [5, 5.41) is 2.67. The summed E-state index contributed by atoms with van der Waals surface area (Å²) in [4.78, 5) is 27.6. The lowest BCUT2D eigenvalue weighted by Gasteiger charge is -2.32. The minimum absolute atomic E-state index is 0.303. The van der Waals surface area contributed by atoms with Crippen molar-refractivity contribution in [2.45, 2.75) is 19.3 Å². The van der Waals surface area contributed by atoms with Crippen molar-refractivity contribution >= 4 is 12.0 Å². The zero-order chi connectivity index (χ0) is 16.7. The third-order valence-corrected chi connectivity index (χ3v) is 3.69. The van der Waals surface area contributed by atoms with Crippen molar-refractivity contribution in [1.82, 2.24) is 15.1 Å². The molecule has 130 valence electrons. The summed E-state index contributed by atoms with van der Waals surface area (Å²) in [5.41, 5.74) is 0. The first-order valence-corrected chi connectivity index (χ1v) is 7.87. The second-order valence-corrected chi connectivity index (χ2v) is 5.68. The van der Waals surface area contributed by atoms with Crippen LogP contribution in [0.3, 0.4) is 0 Å². The average molecular weight is 327 g/mol. The molecule has 0 radical (unpaired) electrons. The maximum Gasteiger partial charge on any atom is 0.410 e. The lowest BCUT2D eigenvalue weighted by atomic mass is 10.3. The monoisotopic (exact) mass is 327 g/mol. The van der Waals surface area contributed by atoms with Gasteiger partial charge < -0.3 is 29.3 Å². The summed E-state index contributed by atoms with van der Waals surface area (Å²) in [6, 6.07) is 0. The molecule has 2 aliphatic rings. The average Bonchev–Trinajstić information content (AvgIpc) is 2.54. The maximum absolute atomic E-state index is 12.0. The molecule has 0 spiro atoms. The molecule has 23 heavy (non-hydrogen) atoms. The number of carbonyl (C=O) groups is 2. The molecule has 0 aromatic rings. The lowest BCUT2D eigenvalue weighted by Crippen LogP contribution is -2.47. The third-order valence-electron chi connectivity index (χ3n) is 3.69. The summed E-state index contributed by atoms with van der Waals surface area (Å²) in [5.74, 6) is -0.303. The van der Waals surface area contributed by atoms with Gasteiger partial charge in [-0.1, -0.05) is 0 Å². The number of carbonyl (C=O) groups excluding carboxylic acids is 2. The Hall–Kier alpha value is -1.64. The fourth-order valence-corrected chi connectivity index (χ4v) is 2.26. The summed E-state index contributed by atoms with van der Waals surface area (Å²) < 4.78 is 15.8. The van der Waals surface area contributed by atoms with Crippen LogP contribution in [0.1, 0.15) is 6.92 Å². The van der Waals surface area contributed by atoms with Gasteiger partial charge in [0.2, 0.25) is 5.91 Å². The van der Waals surface area contributed by atoms with Crippen LogP contribution in [-0.4, -0.2) is 87.2 Å². The van der Waals surface area contributed by atoms with E-state index in [-0.39, 0.29) is 12.0 Å². The molecule has 2 aliphatic heterocycles. The Morgan fingerprint density at radius 1 is 1.26 bits per heavy atom. The second-order valence-electron chi connectivity index (χ2n) is 5.68. The quantitative estimate of drug-likeness (QED) is 0.721. The van der Waals surface area contributed by atoms with E-state index in [2.05, 4.69) is 10.2 Å². The standard InChI is InChI=1S/C15H25N3O5/c1-12(23-15(20)18-7-5-17(2)6-8-18)3-4-13(19)16-14-11-21-9-10-22-14/h3-4,12,14H,5-11H2,1-2H3,(H,16,19). The van der Waals surface area contributed by atoms with Crippen LogP contribution in [0.15, 0.2) is 12.2 Å².